The molecule has 0 aromatic heterocycles. The van der Waals surface area contributed by atoms with E-state index in [4.69, 9.17) is 15.2 Å². The fourth-order valence-corrected chi connectivity index (χ4v) is 2.04. The Morgan fingerprint density at radius 1 is 1.13 bits per heavy atom. The summed E-state index contributed by atoms with van der Waals surface area (Å²) in [6, 6.07) is 0. The van der Waals surface area contributed by atoms with E-state index >= 15 is 0 Å². The summed E-state index contributed by atoms with van der Waals surface area (Å²) in [5, 5.41) is 2.81. The van der Waals surface area contributed by atoms with Gasteiger partial charge >= 0.3 is 0 Å². The first-order valence-electron chi connectivity index (χ1n) is 7.81. The number of nitrogens with zero attached hydrogens (tertiary/aromatic N) is 1. The van der Waals surface area contributed by atoms with Crippen molar-refractivity contribution in [3.63, 3.8) is 0 Å². The van der Waals surface area contributed by atoms with E-state index in [1.165, 1.54) is 17.1 Å². The van der Waals surface area contributed by atoms with Gasteiger partial charge in [-0.15, -0.1) is 0 Å². The Hall–Kier alpha value is -1.77. The summed E-state index contributed by atoms with van der Waals surface area (Å²) < 4.78 is 9.92. The summed E-state index contributed by atoms with van der Waals surface area (Å²) in [7, 11) is 0. The molecule has 0 spiro atoms. The quantitative estimate of drug-likeness (QED) is 0.287. The number of carbonyl (C=O) groups excluding carboxylic acids is 3. The molecule has 0 saturated carbocycles. The Morgan fingerprint density at radius 2 is 1.87 bits per heavy atom. The van der Waals surface area contributed by atoms with Gasteiger partial charge in [-0.1, -0.05) is 6.42 Å². The van der Waals surface area contributed by atoms with Crippen molar-refractivity contribution >= 4 is 17.7 Å². The maximum Gasteiger partial charge on any atom is 0.253 e. The van der Waals surface area contributed by atoms with Gasteiger partial charge in [0.15, 0.2) is 0 Å². The van der Waals surface area contributed by atoms with E-state index in [0.717, 1.165) is 12.8 Å². The van der Waals surface area contributed by atoms with Gasteiger partial charge in [0.05, 0.1) is 13.3 Å². The lowest BCUT2D eigenvalue weighted by molar-refractivity contribution is -0.137. The van der Waals surface area contributed by atoms with Crippen LogP contribution in [0.5, 0.6) is 0 Å². The van der Waals surface area contributed by atoms with Gasteiger partial charge in [-0.25, -0.2) is 0 Å². The smallest absolute Gasteiger partial charge is 0.253 e. The first-order valence-corrected chi connectivity index (χ1v) is 7.81. The highest BCUT2D eigenvalue weighted by atomic mass is 16.7. The third-order valence-corrected chi connectivity index (χ3v) is 3.26. The Morgan fingerprint density at radius 3 is 2.57 bits per heavy atom. The molecular weight excluding hydrogens is 302 g/mol. The summed E-state index contributed by atoms with van der Waals surface area (Å²) in [5.41, 5.74) is 5.13. The van der Waals surface area contributed by atoms with Crippen LogP contribution in [0.15, 0.2) is 12.2 Å². The minimum Gasteiger partial charge on any atom is -0.356 e. The average molecular weight is 331 g/mol. The van der Waals surface area contributed by atoms with Gasteiger partial charge in [0, 0.05) is 34.5 Å². The summed E-state index contributed by atoms with van der Waals surface area (Å²) >= 11 is 0. The van der Waals surface area contributed by atoms with Crippen LogP contribution >= 0.6 is 0 Å². The molecule has 0 aromatic rings. The van der Waals surface area contributed by atoms with Crippen LogP contribution in [-0.2, 0) is 23.9 Å². The number of imide groups is 1. The number of ether oxygens (including phenoxy) is 2. The number of hydrogen-bond donors (Lipinski definition) is 2. The summed E-state index contributed by atoms with van der Waals surface area (Å²) in [6.07, 6.45) is 5.95. The molecule has 0 bridgehead atoms. The fourth-order valence-electron chi connectivity index (χ4n) is 2.04. The molecule has 1 rings (SSSR count). The SMILES string of the molecule is NCOCOCCCNC(=O)CCCCCN1C(=O)C=CC1=O.[HH].[HH]. The van der Waals surface area contributed by atoms with Crippen molar-refractivity contribution < 1.29 is 26.7 Å². The Labute approximate surface area is 138 Å². The van der Waals surface area contributed by atoms with Gasteiger partial charge in [0.2, 0.25) is 5.91 Å². The summed E-state index contributed by atoms with van der Waals surface area (Å²) in [6.45, 7) is 1.78. The molecule has 8 heteroatoms. The molecule has 23 heavy (non-hydrogen) atoms. The van der Waals surface area contributed by atoms with Crippen molar-refractivity contribution in [1.82, 2.24) is 10.2 Å². The highest BCUT2D eigenvalue weighted by Crippen LogP contribution is 2.07. The van der Waals surface area contributed by atoms with Crippen molar-refractivity contribution in [2.45, 2.75) is 32.1 Å². The monoisotopic (exact) mass is 331 g/mol. The first kappa shape index (κ1) is 19.3. The predicted octanol–water partition coefficient (Wildman–Crippen LogP) is 0.377. The van der Waals surface area contributed by atoms with Gasteiger partial charge in [0.25, 0.3) is 11.8 Å². The van der Waals surface area contributed by atoms with Gasteiger partial charge in [-0.2, -0.15) is 0 Å². The van der Waals surface area contributed by atoms with Gasteiger partial charge in [0.1, 0.15) is 6.79 Å². The van der Waals surface area contributed by atoms with Crippen molar-refractivity contribution in [3.05, 3.63) is 12.2 Å². The van der Waals surface area contributed by atoms with Crippen LogP contribution in [0.3, 0.4) is 0 Å². The summed E-state index contributed by atoms with van der Waals surface area (Å²) in [5.74, 6) is -0.517. The largest absolute Gasteiger partial charge is 0.356 e. The molecular formula is C15H29N3O5. The lowest BCUT2D eigenvalue weighted by atomic mass is 10.2. The van der Waals surface area contributed by atoms with E-state index in [1.807, 2.05) is 0 Å². The van der Waals surface area contributed by atoms with Crippen LogP contribution in [0, 0.1) is 0 Å². The molecule has 0 aliphatic carbocycles. The molecule has 0 aromatic carbocycles. The molecule has 0 unspecified atom stereocenters. The fraction of sp³-hybridized carbons (Fsp3) is 0.667. The second kappa shape index (κ2) is 11.8. The van der Waals surface area contributed by atoms with Crippen LogP contribution in [0.2, 0.25) is 0 Å². The van der Waals surface area contributed by atoms with E-state index in [2.05, 4.69) is 5.32 Å². The molecule has 3 amide bonds. The minimum absolute atomic E-state index is 0. The van der Waals surface area contributed by atoms with E-state index in [1.54, 1.807) is 0 Å². The van der Waals surface area contributed by atoms with Crippen LogP contribution in [0.1, 0.15) is 35.0 Å². The highest BCUT2D eigenvalue weighted by molar-refractivity contribution is 6.12. The van der Waals surface area contributed by atoms with Crippen molar-refractivity contribution in [2.24, 2.45) is 5.73 Å². The van der Waals surface area contributed by atoms with E-state index in [-0.39, 0.29) is 34.1 Å². The number of rotatable bonds is 13. The van der Waals surface area contributed by atoms with Gasteiger partial charge in [-0.05, 0) is 19.3 Å². The van der Waals surface area contributed by atoms with E-state index in [0.29, 0.717) is 39.0 Å². The predicted molar refractivity (Wildman–Crippen MR) is 87.1 cm³/mol. The molecule has 0 fully saturated rings. The van der Waals surface area contributed by atoms with Crippen molar-refractivity contribution in [1.29, 1.82) is 0 Å². The number of nitrogens with one attached hydrogen (secondary N) is 1. The first-order chi connectivity index (χ1) is 11.1. The Balaban J connectivity index is 0. The normalized spacial score (nSPS) is 13.9. The van der Waals surface area contributed by atoms with E-state index in [9.17, 15) is 14.4 Å². The number of nitrogens with two attached hydrogens (primary N) is 1. The molecule has 1 aliphatic heterocycles. The lowest BCUT2D eigenvalue weighted by Crippen LogP contribution is -2.30. The number of unbranched alkanes of at least 4 members (excludes halogenated alkanes) is 2. The topological polar surface area (TPSA) is 111 Å². The van der Waals surface area contributed by atoms with Crippen LogP contribution in [0.25, 0.3) is 0 Å². The standard InChI is InChI=1S/C15H25N3O5.2H2/c16-11-23-12-22-10-4-8-17-13(19)5-2-1-3-9-18-14(20)6-7-15(18)21;;/h6-7H,1-5,8-12,16H2,(H,17,19);2*1H. The molecule has 0 saturated heterocycles. The van der Waals surface area contributed by atoms with Crippen molar-refractivity contribution in [3.8, 4) is 0 Å². The number of hydrogen-bond acceptors (Lipinski definition) is 6. The zero-order chi connectivity index (χ0) is 16.9. The molecule has 1 heterocycles. The average Bonchev–Trinajstić information content (AvgIpc) is 2.85. The molecule has 0 atom stereocenters. The third kappa shape index (κ3) is 8.44. The maximum absolute atomic E-state index is 11.6. The van der Waals surface area contributed by atoms with Crippen LogP contribution < -0.4 is 11.1 Å². The molecule has 3 N–H and O–H groups in total. The minimum atomic E-state index is -0.258. The van der Waals surface area contributed by atoms with Crippen molar-refractivity contribution in [2.75, 3.05) is 33.2 Å². The molecule has 0 radical (unpaired) electrons. The zero-order valence-corrected chi connectivity index (χ0v) is 13.3. The second-order valence-corrected chi connectivity index (χ2v) is 5.07. The lowest BCUT2D eigenvalue weighted by Gasteiger charge is -2.13. The number of carbonyl (C=O) groups is 3. The Kier molecular flexibility index (Phi) is 9.85. The van der Waals surface area contributed by atoms with Crippen LogP contribution in [-0.4, -0.2) is 55.8 Å². The zero-order valence-electron chi connectivity index (χ0n) is 13.3. The number of amides is 3. The molecule has 8 nitrogen and oxygen atoms in total. The molecule has 134 valence electrons. The van der Waals surface area contributed by atoms with Crippen LogP contribution in [0.4, 0.5) is 0 Å². The molecule has 1 aliphatic rings. The van der Waals surface area contributed by atoms with Gasteiger partial charge in [-0.3, -0.25) is 19.3 Å². The summed E-state index contributed by atoms with van der Waals surface area (Å²) in [4.78, 5) is 35.4. The highest BCUT2D eigenvalue weighted by Gasteiger charge is 2.22. The Bertz CT molecular complexity index is 417. The van der Waals surface area contributed by atoms with Gasteiger partial charge < -0.3 is 20.5 Å². The second-order valence-electron chi connectivity index (χ2n) is 5.07. The maximum atomic E-state index is 11.6. The van der Waals surface area contributed by atoms with E-state index < -0.39 is 0 Å². The third-order valence-electron chi connectivity index (χ3n) is 3.26.